The van der Waals surface area contributed by atoms with Crippen LogP contribution in [0.2, 0.25) is 5.15 Å². The Balaban J connectivity index is 0.000000307. The van der Waals surface area contributed by atoms with Crippen LogP contribution in [-0.4, -0.2) is 76.8 Å². The number of hydrogen-bond acceptors (Lipinski definition) is 10. The fourth-order valence-electron chi connectivity index (χ4n) is 4.31. The van der Waals surface area contributed by atoms with Gasteiger partial charge in [-0.05, 0) is 93.5 Å². The van der Waals surface area contributed by atoms with Crippen molar-refractivity contribution in [3.63, 3.8) is 0 Å². The Bertz CT molecular complexity index is 1880. The Labute approximate surface area is 323 Å². The van der Waals surface area contributed by atoms with Gasteiger partial charge in [0.05, 0.1) is 11.4 Å². The van der Waals surface area contributed by atoms with E-state index in [1.54, 1.807) is 6.07 Å². The van der Waals surface area contributed by atoms with Crippen LogP contribution in [0.1, 0.15) is 57.3 Å². The van der Waals surface area contributed by atoms with Gasteiger partial charge >= 0.3 is 24.8 Å². The van der Waals surface area contributed by atoms with Gasteiger partial charge in [-0.2, -0.15) is 4.98 Å². The summed E-state index contributed by atoms with van der Waals surface area (Å²) in [6.45, 7) is 9.42. The predicted octanol–water partition coefficient (Wildman–Crippen LogP) is 9.30. The van der Waals surface area contributed by atoms with Crippen molar-refractivity contribution < 1.29 is 45.4 Å². The van der Waals surface area contributed by atoms with Crippen LogP contribution in [-0.2, 0) is 0 Å². The van der Waals surface area contributed by atoms with E-state index < -0.39 is 30.5 Å². The molecule has 0 unspecified atom stereocenters. The van der Waals surface area contributed by atoms with E-state index in [2.05, 4.69) is 60.9 Å². The predicted molar refractivity (Wildman–Crippen MR) is 200 cm³/mol. The van der Waals surface area contributed by atoms with Crippen LogP contribution in [0.15, 0.2) is 60.7 Å². The first-order valence-electron chi connectivity index (χ1n) is 16.8. The molecule has 0 aliphatic heterocycles. The largest absolute Gasteiger partial charge is 0.573 e. The van der Waals surface area contributed by atoms with Crippen LogP contribution in [0.4, 0.5) is 65.0 Å². The molecule has 0 saturated heterocycles. The lowest BCUT2D eigenvalue weighted by Crippen LogP contribution is -2.22. The molecule has 14 nitrogen and oxygen atoms in total. The molecule has 0 aliphatic carbocycles. The highest BCUT2D eigenvalue weighted by atomic mass is 35.5. The maximum absolute atomic E-state index is 12.3. The number of aromatic nitrogens is 4. The highest BCUT2D eigenvalue weighted by Gasteiger charge is 2.31. The summed E-state index contributed by atoms with van der Waals surface area (Å²) in [5.41, 5.74) is 1.96. The molecule has 2 aromatic heterocycles. The number of benzene rings is 2. The fraction of sp³-hybridized carbons (Fsp3) is 0.371. The van der Waals surface area contributed by atoms with Crippen molar-refractivity contribution in [2.75, 3.05) is 53.8 Å². The lowest BCUT2D eigenvalue weighted by Gasteiger charge is -2.14. The van der Waals surface area contributed by atoms with Gasteiger partial charge in [0.15, 0.2) is 0 Å². The molecule has 21 heteroatoms. The molecule has 0 saturated carbocycles. The van der Waals surface area contributed by atoms with Gasteiger partial charge < -0.3 is 30.3 Å². The molecule has 5 N–H and O–H groups in total. The van der Waals surface area contributed by atoms with Gasteiger partial charge in [-0.25, -0.2) is 24.5 Å². The standard InChI is InChI=1S/C20H27F3N6O2.C15H14ClF3N4O2/c1-13(2)16-12-17(24-10-5-11-29(3)4)27-18(26-16)28-19(30)25-14-6-8-15(9-7-14)31-20(21,22)23;1-8(2)11-7-12(16)22-13(21-11)23-14(24)20-9-3-5-10(6-4-9)25-15(17,18)19/h6-9,12-13H,5,10-11H2,1-4H3,(H3,24,25,26,27,28,30);3-8H,1-2H3,(H2,20,21,22,23,24). The van der Waals surface area contributed by atoms with E-state index in [0.29, 0.717) is 18.1 Å². The number of alkyl halides is 6. The summed E-state index contributed by atoms with van der Waals surface area (Å²) in [6.07, 6.45) is -8.63. The average Bonchev–Trinajstić information content (AvgIpc) is 3.07. The molecular formula is C35H41ClF6N10O4. The second-order valence-corrected chi connectivity index (χ2v) is 13.0. The Hall–Kier alpha value is -5.63. The minimum Gasteiger partial charge on any atom is -0.406 e. The normalized spacial score (nSPS) is 11.4. The number of halogens is 7. The summed E-state index contributed by atoms with van der Waals surface area (Å²) in [5, 5.41) is 13.3. The van der Waals surface area contributed by atoms with Crippen LogP contribution < -0.4 is 36.1 Å². The van der Waals surface area contributed by atoms with E-state index in [1.807, 2.05) is 47.9 Å². The Morgan fingerprint density at radius 1 is 0.679 bits per heavy atom. The third kappa shape index (κ3) is 17.2. The van der Waals surface area contributed by atoms with Crippen molar-refractivity contribution in [2.24, 2.45) is 0 Å². The van der Waals surface area contributed by atoms with Gasteiger partial charge in [-0.15, -0.1) is 26.3 Å². The smallest absolute Gasteiger partial charge is 0.406 e. The van der Waals surface area contributed by atoms with Crippen LogP contribution in [0, 0.1) is 0 Å². The van der Waals surface area contributed by atoms with E-state index >= 15 is 0 Å². The molecular weight excluding hydrogens is 774 g/mol. The summed E-state index contributed by atoms with van der Waals surface area (Å²) in [6, 6.07) is 11.6. The molecule has 0 atom stereocenters. The quantitative estimate of drug-likeness (QED) is 0.0499. The zero-order valence-electron chi connectivity index (χ0n) is 31.1. The van der Waals surface area contributed by atoms with E-state index in [-0.39, 0.29) is 46.0 Å². The highest BCUT2D eigenvalue weighted by molar-refractivity contribution is 6.29. The van der Waals surface area contributed by atoms with Gasteiger partial charge in [0.1, 0.15) is 22.5 Å². The molecule has 0 bridgehead atoms. The van der Waals surface area contributed by atoms with Crippen molar-refractivity contribution >= 4 is 52.8 Å². The summed E-state index contributed by atoms with van der Waals surface area (Å²) < 4.78 is 80.5. The second kappa shape index (κ2) is 20.3. The highest BCUT2D eigenvalue weighted by Crippen LogP contribution is 2.26. The topological polar surface area (TPSA) is 168 Å². The van der Waals surface area contributed by atoms with E-state index in [4.69, 9.17) is 11.6 Å². The van der Waals surface area contributed by atoms with Crippen LogP contribution in [0.25, 0.3) is 0 Å². The number of anilines is 5. The lowest BCUT2D eigenvalue weighted by molar-refractivity contribution is -0.275. The number of nitrogens with zero attached hydrogens (tertiary/aromatic N) is 5. The molecule has 2 aromatic carbocycles. The summed E-state index contributed by atoms with van der Waals surface area (Å²) in [5.74, 6) is 0.179. The molecule has 0 radical (unpaired) electrons. The summed E-state index contributed by atoms with van der Waals surface area (Å²) in [7, 11) is 4.00. The number of carbonyl (C=O) groups is 2. The third-order valence-corrected chi connectivity index (χ3v) is 7.07. The molecule has 0 aliphatic rings. The molecule has 0 fully saturated rings. The monoisotopic (exact) mass is 814 g/mol. The average molecular weight is 815 g/mol. The second-order valence-electron chi connectivity index (χ2n) is 12.6. The number of urea groups is 2. The van der Waals surface area contributed by atoms with Gasteiger partial charge in [0.2, 0.25) is 11.9 Å². The van der Waals surface area contributed by atoms with Gasteiger partial charge in [-0.3, -0.25) is 10.6 Å². The number of amides is 4. The van der Waals surface area contributed by atoms with Crippen LogP contribution >= 0.6 is 11.6 Å². The van der Waals surface area contributed by atoms with E-state index in [9.17, 15) is 35.9 Å². The summed E-state index contributed by atoms with van der Waals surface area (Å²) >= 11 is 5.88. The SMILES string of the molecule is CC(C)c1cc(Cl)nc(NC(=O)Nc2ccc(OC(F)(F)F)cc2)n1.CC(C)c1cc(NCCCN(C)C)nc(NC(=O)Nc2ccc(OC(F)(F)F)cc2)n1. The number of nitrogens with one attached hydrogen (secondary N) is 5. The van der Waals surface area contributed by atoms with Gasteiger partial charge in [0, 0.05) is 24.0 Å². The maximum atomic E-state index is 12.3. The minimum atomic E-state index is -4.77. The summed E-state index contributed by atoms with van der Waals surface area (Å²) in [4.78, 5) is 43.0. The molecule has 56 heavy (non-hydrogen) atoms. The Morgan fingerprint density at radius 3 is 1.52 bits per heavy atom. The fourth-order valence-corrected chi connectivity index (χ4v) is 4.51. The Kier molecular flexibility index (Phi) is 16.3. The Morgan fingerprint density at radius 2 is 1.11 bits per heavy atom. The van der Waals surface area contributed by atoms with Crippen molar-refractivity contribution in [3.8, 4) is 11.5 Å². The number of rotatable bonds is 13. The van der Waals surface area contributed by atoms with Gasteiger partial charge in [-0.1, -0.05) is 39.3 Å². The zero-order valence-corrected chi connectivity index (χ0v) is 31.8. The van der Waals surface area contributed by atoms with Gasteiger partial charge in [0.25, 0.3) is 0 Å². The van der Waals surface area contributed by atoms with Crippen molar-refractivity contribution in [1.29, 1.82) is 0 Å². The number of hydrogen-bond donors (Lipinski definition) is 5. The molecule has 4 rings (SSSR count). The third-order valence-electron chi connectivity index (χ3n) is 6.87. The first-order chi connectivity index (χ1) is 26.1. The molecule has 4 aromatic rings. The number of ether oxygens (including phenoxy) is 2. The molecule has 2 heterocycles. The van der Waals surface area contributed by atoms with Crippen molar-refractivity contribution in [3.05, 3.63) is 77.2 Å². The molecule has 0 spiro atoms. The van der Waals surface area contributed by atoms with Crippen molar-refractivity contribution in [1.82, 2.24) is 24.8 Å². The maximum Gasteiger partial charge on any atom is 0.573 e. The van der Waals surface area contributed by atoms with Crippen molar-refractivity contribution in [2.45, 2.75) is 58.7 Å². The first-order valence-corrected chi connectivity index (χ1v) is 17.2. The van der Waals surface area contributed by atoms with Crippen LogP contribution in [0.5, 0.6) is 11.5 Å². The van der Waals surface area contributed by atoms with E-state index in [0.717, 1.165) is 42.9 Å². The molecule has 4 amide bonds. The number of carbonyl (C=O) groups excluding carboxylic acids is 2. The lowest BCUT2D eigenvalue weighted by atomic mass is 10.1. The first kappa shape index (κ1) is 44.8. The van der Waals surface area contributed by atoms with E-state index in [1.165, 1.54) is 24.3 Å². The minimum absolute atomic E-state index is 0.0192. The zero-order chi connectivity index (χ0) is 41.6. The molecule has 304 valence electrons. The van der Waals surface area contributed by atoms with Crippen LogP contribution in [0.3, 0.4) is 0 Å².